The highest BCUT2D eigenvalue weighted by Gasteiger charge is 2.21. The second-order valence-corrected chi connectivity index (χ2v) is 8.48. The van der Waals surface area contributed by atoms with Crippen LogP contribution in [0.3, 0.4) is 0 Å². The van der Waals surface area contributed by atoms with Gasteiger partial charge in [-0.3, -0.25) is 4.90 Å². The van der Waals surface area contributed by atoms with Crippen molar-refractivity contribution >= 4 is 15.7 Å². The van der Waals surface area contributed by atoms with E-state index in [0.29, 0.717) is 6.42 Å². The number of anilines is 1. The van der Waals surface area contributed by atoms with Crippen LogP contribution in [-0.4, -0.2) is 59.2 Å². The fourth-order valence-electron chi connectivity index (χ4n) is 3.32. The monoisotopic (exact) mass is 425 g/mol. The van der Waals surface area contributed by atoms with Crippen LogP contribution in [0.1, 0.15) is 6.42 Å². The first kappa shape index (κ1) is 21.5. The molecule has 0 bridgehead atoms. The summed E-state index contributed by atoms with van der Waals surface area (Å²) < 4.78 is 56.6. The summed E-state index contributed by atoms with van der Waals surface area (Å²) in [5.41, 5.74) is 1.21. The number of hydrogen-bond donors (Lipinski definition) is 1. The minimum atomic E-state index is -3.92. The van der Waals surface area contributed by atoms with Gasteiger partial charge in [-0.15, -0.1) is 0 Å². The lowest BCUT2D eigenvalue weighted by molar-refractivity contribution is -0.0517. The van der Waals surface area contributed by atoms with Crippen LogP contribution in [0.25, 0.3) is 0 Å². The lowest BCUT2D eigenvalue weighted by Gasteiger charge is -2.36. The van der Waals surface area contributed by atoms with Gasteiger partial charge in [0.05, 0.1) is 0 Å². The van der Waals surface area contributed by atoms with Crippen molar-refractivity contribution in [3.63, 3.8) is 0 Å². The second-order valence-electron chi connectivity index (χ2n) is 6.74. The summed E-state index contributed by atoms with van der Waals surface area (Å²) in [6.07, 6.45) is 0.627. The molecule has 1 N–H and O–H groups in total. The molecule has 158 valence electrons. The molecule has 0 spiro atoms. The molecule has 0 aromatic heterocycles. The molecule has 9 heteroatoms. The largest absolute Gasteiger partial charge is 0.433 e. The van der Waals surface area contributed by atoms with Crippen molar-refractivity contribution in [2.75, 3.05) is 44.2 Å². The second kappa shape index (κ2) is 10.00. The zero-order valence-corrected chi connectivity index (χ0v) is 16.8. The molecule has 0 radical (unpaired) electrons. The number of ether oxygens (including phenoxy) is 1. The Kier molecular flexibility index (Phi) is 7.40. The van der Waals surface area contributed by atoms with Crippen LogP contribution in [0.15, 0.2) is 59.5 Å². The van der Waals surface area contributed by atoms with E-state index in [-0.39, 0.29) is 17.2 Å². The molecule has 29 heavy (non-hydrogen) atoms. The van der Waals surface area contributed by atoms with Crippen molar-refractivity contribution in [2.24, 2.45) is 0 Å². The molecule has 2 aromatic carbocycles. The average Bonchev–Trinajstić information content (AvgIpc) is 2.72. The summed E-state index contributed by atoms with van der Waals surface area (Å²) in [6.45, 7) is 1.58. The number of halogens is 2. The van der Waals surface area contributed by atoms with Gasteiger partial charge in [0.25, 0.3) is 0 Å². The van der Waals surface area contributed by atoms with E-state index in [0.717, 1.165) is 32.7 Å². The number of benzene rings is 2. The SMILES string of the molecule is O=S(=O)(NCCCN1CCN(c2ccccc2)CC1)c1ccccc1OC(F)F. The van der Waals surface area contributed by atoms with Crippen LogP contribution in [-0.2, 0) is 10.0 Å². The summed E-state index contributed by atoms with van der Waals surface area (Å²) in [7, 11) is -3.92. The number of nitrogens with zero attached hydrogens (tertiary/aromatic N) is 2. The van der Waals surface area contributed by atoms with Gasteiger partial charge in [-0.2, -0.15) is 8.78 Å². The third-order valence-corrected chi connectivity index (χ3v) is 6.29. The minimum Gasteiger partial charge on any atom is -0.433 e. The predicted molar refractivity (Wildman–Crippen MR) is 108 cm³/mol. The number of sulfonamides is 1. The molecule has 1 aliphatic heterocycles. The van der Waals surface area contributed by atoms with Crippen molar-refractivity contribution in [1.82, 2.24) is 9.62 Å². The Labute approximate surface area is 170 Å². The Balaban J connectivity index is 1.44. The Morgan fingerprint density at radius 2 is 1.62 bits per heavy atom. The van der Waals surface area contributed by atoms with E-state index in [9.17, 15) is 17.2 Å². The standard InChI is InChI=1S/C20H25F2N3O3S/c21-20(22)28-18-9-4-5-10-19(18)29(26,27)23-11-6-12-24-13-15-25(16-14-24)17-7-2-1-3-8-17/h1-5,7-10,20,23H,6,11-16H2. The molecular weight excluding hydrogens is 400 g/mol. The first-order chi connectivity index (χ1) is 14.0. The van der Waals surface area contributed by atoms with Crippen LogP contribution in [0.4, 0.5) is 14.5 Å². The number of hydrogen-bond acceptors (Lipinski definition) is 5. The summed E-state index contributed by atoms with van der Waals surface area (Å²) in [5.74, 6) is -0.355. The van der Waals surface area contributed by atoms with Crippen LogP contribution < -0.4 is 14.4 Å². The molecule has 1 heterocycles. The molecule has 2 aromatic rings. The van der Waals surface area contributed by atoms with E-state index in [2.05, 4.69) is 31.4 Å². The third-order valence-electron chi connectivity index (χ3n) is 4.79. The van der Waals surface area contributed by atoms with Crippen LogP contribution in [0, 0.1) is 0 Å². The van der Waals surface area contributed by atoms with Crippen LogP contribution in [0.5, 0.6) is 5.75 Å². The maximum absolute atomic E-state index is 12.5. The topological polar surface area (TPSA) is 61.9 Å². The Morgan fingerprint density at radius 1 is 0.966 bits per heavy atom. The molecule has 0 saturated carbocycles. The third kappa shape index (κ3) is 6.12. The minimum absolute atomic E-state index is 0.226. The lowest BCUT2D eigenvalue weighted by atomic mass is 10.2. The molecule has 0 unspecified atom stereocenters. The quantitative estimate of drug-likeness (QED) is 0.626. The summed E-state index contributed by atoms with van der Waals surface area (Å²) in [4.78, 5) is 4.34. The van der Waals surface area contributed by atoms with Gasteiger partial charge in [-0.05, 0) is 37.2 Å². The van der Waals surface area contributed by atoms with Crippen molar-refractivity contribution < 1.29 is 21.9 Å². The van der Waals surface area contributed by atoms with E-state index in [1.54, 1.807) is 0 Å². The first-order valence-corrected chi connectivity index (χ1v) is 11.0. The Bertz CT molecular complexity index is 874. The predicted octanol–water partition coefficient (Wildman–Crippen LogP) is 2.78. The van der Waals surface area contributed by atoms with Crippen molar-refractivity contribution in [1.29, 1.82) is 0 Å². The van der Waals surface area contributed by atoms with Gasteiger partial charge in [-0.1, -0.05) is 30.3 Å². The van der Waals surface area contributed by atoms with Crippen LogP contribution >= 0.6 is 0 Å². The molecule has 0 amide bonds. The Morgan fingerprint density at radius 3 is 2.31 bits per heavy atom. The first-order valence-electron chi connectivity index (χ1n) is 9.51. The highest BCUT2D eigenvalue weighted by Crippen LogP contribution is 2.24. The summed E-state index contributed by atoms with van der Waals surface area (Å²) >= 11 is 0. The summed E-state index contributed by atoms with van der Waals surface area (Å²) in [5, 5.41) is 0. The maximum atomic E-state index is 12.5. The number of nitrogens with one attached hydrogen (secondary N) is 1. The van der Waals surface area contributed by atoms with E-state index in [1.807, 2.05) is 18.2 Å². The number of para-hydroxylation sites is 2. The molecular formula is C20H25F2N3O3S. The molecule has 3 rings (SSSR count). The zero-order valence-electron chi connectivity index (χ0n) is 16.0. The molecule has 1 saturated heterocycles. The smallest absolute Gasteiger partial charge is 0.387 e. The van der Waals surface area contributed by atoms with Crippen molar-refractivity contribution in [2.45, 2.75) is 17.9 Å². The van der Waals surface area contributed by atoms with Crippen LogP contribution in [0.2, 0.25) is 0 Å². The van der Waals surface area contributed by atoms with Crippen molar-refractivity contribution in [3.8, 4) is 5.75 Å². The average molecular weight is 426 g/mol. The highest BCUT2D eigenvalue weighted by molar-refractivity contribution is 7.89. The fraction of sp³-hybridized carbons (Fsp3) is 0.400. The lowest BCUT2D eigenvalue weighted by Crippen LogP contribution is -2.47. The highest BCUT2D eigenvalue weighted by atomic mass is 32.2. The molecule has 1 aliphatic rings. The zero-order chi connectivity index (χ0) is 20.7. The van der Waals surface area contributed by atoms with E-state index in [4.69, 9.17) is 0 Å². The van der Waals surface area contributed by atoms with Gasteiger partial charge in [-0.25, -0.2) is 13.1 Å². The molecule has 0 atom stereocenters. The van der Waals surface area contributed by atoms with Gasteiger partial charge in [0.2, 0.25) is 10.0 Å². The normalized spacial score (nSPS) is 15.6. The Hall–Kier alpha value is -2.23. The maximum Gasteiger partial charge on any atom is 0.387 e. The van der Waals surface area contributed by atoms with Gasteiger partial charge < -0.3 is 9.64 Å². The van der Waals surface area contributed by atoms with Gasteiger partial charge in [0, 0.05) is 38.4 Å². The van der Waals surface area contributed by atoms with E-state index in [1.165, 1.54) is 30.0 Å². The molecule has 0 aliphatic carbocycles. The van der Waals surface area contributed by atoms with Gasteiger partial charge >= 0.3 is 6.61 Å². The number of rotatable bonds is 9. The number of piperazine rings is 1. The summed E-state index contributed by atoms with van der Waals surface area (Å²) in [6, 6.07) is 15.6. The van der Waals surface area contributed by atoms with E-state index < -0.39 is 16.6 Å². The molecule has 1 fully saturated rings. The number of alkyl halides is 2. The van der Waals surface area contributed by atoms with Crippen molar-refractivity contribution in [3.05, 3.63) is 54.6 Å². The van der Waals surface area contributed by atoms with Gasteiger partial charge in [0.1, 0.15) is 10.6 Å². The van der Waals surface area contributed by atoms with E-state index >= 15 is 0 Å². The van der Waals surface area contributed by atoms with Gasteiger partial charge in [0.15, 0.2) is 0 Å². The molecule has 6 nitrogen and oxygen atoms in total. The fourth-order valence-corrected chi connectivity index (χ4v) is 4.53.